The number of pyridine rings is 1. The van der Waals surface area contributed by atoms with Crippen molar-refractivity contribution in [2.75, 3.05) is 0 Å². The van der Waals surface area contributed by atoms with Crippen LogP contribution < -0.4 is 16.2 Å². The summed E-state index contributed by atoms with van der Waals surface area (Å²) >= 11 is 0. The lowest BCUT2D eigenvalue weighted by Gasteiger charge is -2.15. The van der Waals surface area contributed by atoms with Crippen molar-refractivity contribution < 1.29 is 0 Å². The Balaban J connectivity index is 2.67. The molecular formula is C16H18N2. The molecule has 1 aliphatic carbocycles. The highest BCUT2D eigenvalue weighted by atomic mass is 14.7. The second-order valence-electron chi connectivity index (χ2n) is 5.20. The molecule has 2 N–H and O–H groups in total. The van der Waals surface area contributed by atoms with Crippen molar-refractivity contribution in [2.45, 2.75) is 33.1 Å². The molecule has 0 aliphatic heterocycles. The lowest BCUT2D eigenvalue weighted by molar-refractivity contribution is 0.786. The summed E-state index contributed by atoms with van der Waals surface area (Å²) in [4.78, 5) is 4.80. The molecule has 1 heterocycles. The van der Waals surface area contributed by atoms with Crippen molar-refractivity contribution in [1.29, 1.82) is 0 Å². The zero-order valence-electron chi connectivity index (χ0n) is 11.0. The maximum Gasteiger partial charge on any atom is 0.0711 e. The van der Waals surface area contributed by atoms with Gasteiger partial charge < -0.3 is 5.73 Å². The van der Waals surface area contributed by atoms with Gasteiger partial charge in [-0.05, 0) is 44.4 Å². The third-order valence-corrected chi connectivity index (χ3v) is 3.65. The van der Waals surface area contributed by atoms with Crippen LogP contribution >= 0.6 is 0 Å². The molecule has 92 valence electrons. The monoisotopic (exact) mass is 238 g/mol. The van der Waals surface area contributed by atoms with Gasteiger partial charge in [-0.1, -0.05) is 23.8 Å². The fourth-order valence-electron chi connectivity index (χ4n) is 2.88. The molecule has 18 heavy (non-hydrogen) atoms. The average Bonchev–Trinajstić information content (AvgIpc) is 2.36. The van der Waals surface area contributed by atoms with Gasteiger partial charge in [0.2, 0.25) is 0 Å². The van der Waals surface area contributed by atoms with Crippen molar-refractivity contribution in [3.05, 3.63) is 40.4 Å². The van der Waals surface area contributed by atoms with Gasteiger partial charge in [0.05, 0.1) is 11.2 Å². The minimum absolute atomic E-state index is 0.993. The van der Waals surface area contributed by atoms with Crippen LogP contribution in [0.1, 0.15) is 32.4 Å². The minimum atomic E-state index is 0.993. The molecule has 2 heteroatoms. The molecule has 0 saturated heterocycles. The summed E-state index contributed by atoms with van der Waals surface area (Å²) in [7, 11) is 0. The summed E-state index contributed by atoms with van der Waals surface area (Å²) < 4.78 is 0. The number of fused-ring (bicyclic) bond motifs is 2. The number of para-hydroxylation sites is 1. The largest absolute Gasteiger partial charge is 0.401 e. The molecule has 0 spiro atoms. The highest BCUT2D eigenvalue weighted by molar-refractivity contribution is 5.82. The molecule has 3 rings (SSSR count). The summed E-state index contributed by atoms with van der Waals surface area (Å²) in [5.41, 5.74) is 10.8. The van der Waals surface area contributed by atoms with Crippen LogP contribution in [0.4, 0.5) is 0 Å². The van der Waals surface area contributed by atoms with Gasteiger partial charge >= 0.3 is 0 Å². The van der Waals surface area contributed by atoms with E-state index in [0.29, 0.717) is 0 Å². The van der Waals surface area contributed by atoms with Crippen molar-refractivity contribution in [3.63, 3.8) is 0 Å². The Labute approximate surface area is 107 Å². The van der Waals surface area contributed by atoms with Crippen LogP contribution in [-0.2, 0) is 6.42 Å². The van der Waals surface area contributed by atoms with Crippen molar-refractivity contribution in [3.8, 4) is 0 Å². The lowest BCUT2D eigenvalue weighted by atomic mass is 9.96. The van der Waals surface area contributed by atoms with E-state index in [4.69, 9.17) is 10.7 Å². The highest BCUT2D eigenvalue weighted by Gasteiger charge is 2.12. The molecule has 2 nitrogen and oxygen atoms in total. The second-order valence-corrected chi connectivity index (χ2v) is 5.20. The molecule has 1 aromatic heterocycles. The number of benzene rings is 1. The molecule has 1 aliphatic rings. The molecule has 2 aromatic rings. The Bertz CT molecular complexity index is 738. The van der Waals surface area contributed by atoms with E-state index in [0.717, 1.165) is 30.5 Å². The zero-order chi connectivity index (χ0) is 12.7. The summed E-state index contributed by atoms with van der Waals surface area (Å²) in [6, 6.07) is 8.36. The first-order valence-electron chi connectivity index (χ1n) is 6.52. The van der Waals surface area contributed by atoms with Crippen LogP contribution in [0.25, 0.3) is 22.2 Å². The van der Waals surface area contributed by atoms with E-state index in [1.807, 2.05) is 6.07 Å². The number of hydrogen-bond acceptors (Lipinski definition) is 2. The Morgan fingerprint density at radius 2 is 1.94 bits per heavy atom. The van der Waals surface area contributed by atoms with Crippen LogP contribution in [0.2, 0.25) is 0 Å². The number of aromatic nitrogens is 1. The molecule has 0 bridgehead atoms. The molecule has 1 aromatic carbocycles. The van der Waals surface area contributed by atoms with Gasteiger partial charge in [0, 0.05) is 16.3 Å². The first kappa shape index (κ1) is 11.3. The van der Waals surface area contributed by atoms with Crippen LogP contribution in [0.5, 0.6) is 0 Å². The fraction of sp³-hybridized carbons (Fsp3) is 0.312. The van der Waals surface area contributed by atoms with Crippen LogP contribution in [0.15, 0.2) is 24.3 Å². The number of rotatable bonds is 0. The predicted octanol–water partition coefficient (Wildman–Crippen LogP) is 1.83. The Morgan fingerprint density at radius 3 is 2.72 bits per heavy atom. The SMILES string of the molecule is CC(C)=c1c2c(nc3ccccc13)CCCC=2N. The van der Waals surface area contributed by atoms with E-state index in [1.54, 1.807) is 0 Å². The third kappa shape index (κ3) is 1.60. The van der Waals surface area contributed by atoms with Gasteiger partial charge in [0.15, 0.2) is 0 Å². The van der Waals surface area contributed by atoms with Gasteiger partial charge in [-0.2, -0.15) is 0 Å². The van der Waals surface area contributed by atoms with E-state index in [2.05, 4.69) is 32.0 Å². The first-order valence-corrected chi connectivity index (χ1v) is 6.52. The standard InChI is InChI=1S/C16H18N2/c1-10(2)15-11-6-3-4-8-13(11)18-14-9-5-7-12(17)16(14)15/h3-4,6,8H,5,7,9,17H2,1-2H3. The smallest absolute Gasteiger partial charge is 0.0711 e. The summed E-state index contributed by atoms with van der Waals surface area (Å²) in [5.74, 6) is 0. The van der Waals surface area contributed by atoms with E-state index < -0.39 is 0 Å². The predicted molar refractivity (Wildman–Crippen MR) is 76.3 cm³/mol. The molecule has 0 unspecified atom stereocenters. The number of aryl methyl sites for hydroxylation is 1. The minimum Gasteiger partial charge on any atom is -0.401 e. The van der Waals surface area contributed by atoms with Crippen molar-refractivity contribution in [2.24, 2.45) is 5.73 Å². The van der Waals surface area contributed by atoms with E-state index in [9.17, 15) is 0 Å². The summed E-state index contributed by atoms with van der Waals surface area (Å²) in [6.07, 6.45) is 3.15. The van der Waals surface area contributed by atoms with E-state index in [1.165, 1.54) is 27.1 Å². The zero-order valence-corrected chi connectivity index (χ0v) is 11.0. The van der Waals surface area contributed by atoms with Crippen molar-refractivity contribution in [1.82, 2.24) is 4.98 Å². The summed E-state index contributed by atoms with van der Waals surface area (Å²) in [6.45, 7) is 4.31. The van der Waals surface area contributed by atoms with E-state index in [-0.39, 0.29) is 0 Å². The molecule has 0 saturated carbocycles. The van der Waals surface area contributed by atoms with Gasteiger partial charge in [-0.25, -0.2) is 0 Å². The Morgan fingerprint density at radius 1 is 1.17 bits per heavy atom. The summed E-state index contributed by atoms with van der Waals surface area (Å²) in [5, 5.41) is 3.73. The van der Waals surface area contributed by atoms with Crippen LogP contribution in [-0.4, -0.2) is 4.98 Å². The maximum absolute atomic E-state index is 6.24. The normalized spacial score (nSPS) is 14.7. The maximum atomic E-state index is 6.24. The molecule has 0 radical (unpaired) electrons. The highest BCUT2D eigenvalue weighted by Crippen LogP contribution is 2.13. The third-order valence-electron chi connectivity index (χ3n) is 3.65. The lowest BCUT2D eigenvalue weighted by Crippen LogP contribution is -2.38. The van der Waals surface area contributed by atoms with Crippen LogP contribution in [0, 0.1) is 0 Å². The van der Waals surface area contributed by atoms with Crippen LogP contribution in [0.3, 0.4) is 0 Å². The van der Waals surface area contributed by atoms with Gasteiger partial charge in [0.1, 0.15) is 0 Å². The van der Waals surface area contributed by atoms with Crippen molar-refractivity contribution >= 4 is 22.2 Å². The van der Waals surface area contributed by atoms with Gasteiger partial charge in [-0.3, -0.25) is 4.98 Å². The molecule has 0 atom stereocenters. The molecule has 0 fully saturated rings. The number of hydrogen-bond donors (Lipinski definition) is 1. The average molecular weight is 238 g/mol. The topological polar surface area (TPSA) is 38.9 Å². The fourth-order valence-corrected chi connectivity index (χ4v) is 2.88. The van der Waals surface area contributed by atoms with E-state index >= 15 is 0 Å². The van der Waals surface area contributed by atoms with Gasteiger partial charge in [0.25, 0.3) is 0 Å². The Hall–Kier alpha value is -1.83. The Kier molecular flexibility index (Phi) is 2.58. The quantitative estimate of drug-likeness (QED) is 0.760. The second kappa shape index (κ2) is 4.13. The first-order chi connectivity index (χ1) is 8.68. The molecule has 0 amide bonds. The number of nitrogens with zero attached hydrogens (tertiary/aromatic N) is 1. The number of nitrogens with two attached hydrogens (primary N) is 1. The van der Waals surface area contributed by atoms with Gasteiger partial charge in [-0.15, -0.1) is 0 Å². The molecular weight excluding hydrogens is 220 g/mol.